The van der Waals surface area contributed by atoms with Gasteiger partial charge in [-0.2, -0.15) is 11.8 Å². The maximum absolute atomic E-state index is 14.8. The first-order valence-electron chi connectivity index (χ1n) is 32.7. The molecule has 13 amide bonds. The lowest BCUT2D eigenvalue weighted by atomic mass is 10.0. The number of nitrogens with two attached hydrogens (primary N) is 7. The van der Waals surface area contributed by atoms with Gasteiger partial charge in [-0.15, -0.1) is 0 Å². The molecule has 0 radical (unpaired) electrons. The Labute approximate surface area is 569 Å². The topological polar surface area (TPSA) is 528 Å². The van der Waals surface area contributed by atoms with E-state index in [4.69, 9.17) is 44.9 Å². The van der Waals surface area contributed by atoms with Crippen LogP contribution in [0.1, 0.15) is 121 Å². The average Bonchev–Trinajstić information content (AvgIpc) is 1.76. The van der Waals surface area contributed by atoms with Crippen molar-refractivity contribution in [1.82, 2.24) is 52.3 Å². The Morgan fingerprint density at radius 1 is 0.567 bits per heavy atom. The first kappa shape index (κ1) is 80.3. The smallest absolute Gasteiger partial charge is 0.245 e. The lowest BCUT2D eigenvalue weighted by Crippen LogP contribution is -2.60. The van der Waals surface area contributed by atoms with E-state index in [1.807, 2.05) is 20.1 Å². The minimum atomic E-state index is -1.66. The van der Waals surface area contributed by atoms with E-state index in [1.165, 1.54) is 28.7 Å². The molecule has 0 unspecified atom stereocenters. The second-order valence-electron chi connectivity index (χ2n) is 24.5. The second-order valence-corrected chi connectivity index (χ2v) is 25.5. The normalized spacial score (nSPS) is 16.7. The van der Waals surface area contributed by atoms with E-state index in [0.717, 1.165) is 0 Å². The number of ether oxygens (including phenoxy) is 1. The van der Waals surface area contributed by atoms with E-state index in [0.29, 0.717) is 61.2 Å². The van der Waals surface area contributed by atoms with Crippen LogP contribution in [0, 0.1) is 5.92 Å². The van der Waals surface area contributed by atoms with Crippen LogP contribution >= 0.6 is 11.8 Å². The van der Waals surface area contributed by atoms with Crippen LogP contribution < -0.4 is 87.4 Å². The third-order valence-electron chi connectivity index (χ3n) is 16.3. The highest BCUT2D eigenvalue weighted by Crippen LogP contribution is 2.24. The van der Waals surface area contributed by atoms with E-state index in [1.54, 1.807) is 54.6 Å². The van der Waals surface area contributed by atoms with Gasteiger partial charge in [0.15, 0.2) is 5.96 Å². The SMILES string of the molecule is COc1ccc(C[C@H](NC(=O)[C@H](Cc2ccccc2)NC(=O)[C@H](CCC(N)=O)NC(=O)[C@H](CCC(N)=O)NC(=O)[C@@H]2CCCN2C(=O)[C@H](CCCCN)NC(=O)[C@@H]2CCCN2C(=O)[C@@H](N)CCCN=C(N)N)C(=O)NCC(=O)N[C@@H](CC(C)C)C(=O)N[C@@H](CCSC)C(N)=O)cc1. The molecule has 0 saturated carbocycles. The predicted molar refractivity (Wildman–Crippen MR) is 362 cm³/mol. The number of primary amides is 3. The second kappa shape index (κ2) is 41.8. The molecule has 2 heterocycles. The number of nitrogens with one attached hydrogen (secondary N) is 8. The fourth-order valence-corrected chi connectivity index (χ4v) is 11.6. The lowest BCUT2D eigenvalue weighted by Gasteiger charge is -2.32. The van der Waals surface area contributed by atoms with E-state index in [-0.39, 0.29) is 83.0 Å². The van der Waals surface area contributed by atoms with Gasteiger partial charge in [0.05, 0.1) is 19.7 Å². The molecule has 2 fully saturated rings. The highest BCUT2D eigenvalue weighted by molar-refractivity contribution is 7.98. The van der Waals surface area contributed by atoms with Gasteiger partial charge in [0, 0.05) is 45.3 Å². The molecule has 33 heteroatoms. The summed E-state index contributed by atoms with van der Waals surface area (Å²) in [5, 5.41) is 21.1. The molecule has 2 aromatic carbocycles. The number of carbonyl (C=O) groups excluding carboxylic acids is 13. The molecule has 2 aliphatic rings. The van der Waals surface area contributed by atoms with Crippen LogP contribution in [0.25, 0.3) is 0 Å². The van der Waals surface area contributed by atoms with Gasteiger partial charge in [-0.25, -0.2) is 0 Å². The summed E-state index contributed by atoms with van der Waals surface area (Å²) < 4.78 is 5.30. The van der Waals surface area contributed by atoms with Gasteiger partial charge in [-0.05, 0) is 131 Å². The van der Waals surface area contributed by atoms with Crippen LogP contribution in [-0.4, -0.2) is 205 Å². The van der Waals surface area contributed by atoms with E-state index >= 15 is 0 Å². The number of benzene rings is 2. The zero-order valence-corrected chi connectivity index (χ0v) is 56.6. The number of aliphatic imine (C=N–C) groups is 1. The van der Waals surface area contributed by atoms with Crippen LogP contribution in [-0.2, 0) is 75.2 Å². The van der Waals surface area contributed by atoms with Crippen LogP contribution in [0.15, 0.2) is 59.6 Å². The van der Waals surface area contributed by atoms with Crippen molar-refractivity contribution in [2.24, 2.45) is 51.0 Å². The van der Waals surface area contributed by atoms with Crippen LogP contribution in [0.4, 0.5) is 0 Å². The van der Waals surface area contributed by atoms with Gasteiger partial charge in [0.25, 0.3) is 0 Å². The Bertz CT molecular complexity index is 3030. The minimum Gasteiger partial charge on any atom is -0.497 e. The number of hydrogen-bond donors (Lipinski definition) is 15. The Balaban J connectivity index is 1.59. The fraction of sp³-hybridized carbons (Fsp3) is 0.594. The third kappa shape index (κ3) is 27.9. The highest BCUT2D eigenvalue weighted by Gasteiger charge is 2.42. The van der Waals surface area contributed by atoms with E-state index in [2.05, 4.69) is 47.5 Å². The van der Waals surface area contributed by atoms with Crippen LogP contribution in [0.5, 0.6) is 5.75 Å². The Morgan fingerprint density at radius 3 is 1.60 bits per heavy atom. The van der Waals surface area contributed by atoms with Crippen molar-refractivity contribution in [2.45, 2.75) is 183 Å². The standard InChI is InChI=1S/C64H100N18O14S/c1-37(2)33-46(58(90)75-42(54(69)86)27-32-97-4)74-53(85)36-73-55(87)47(35-39-19-21-40(96-3)22-20-39)79-59(91)48(34-38-13-6-5-7-14-38)80-57(89)43(23-25-51(67)83)76-56(88)44(24-26-52(68)84)77-60(92)50-18-12-31-82(50)63(95)45(16-8-9-28-65)78-61(93)49-17-11-30-81(49)62(94)41(66)15-10-29-72-64(70)71/h5-7,13-14,19-22,37,41-50H,8-12,15-18,23-36,65-66H2,1-4H3,(H2,67,83)(H2,68,84)(H2,69,86)(H,73,87)(H,74,85)(H,75,90)(H,76,88)(H,77,92)(H,78,93)(H,79,91)(H,80,89)(H4,70,71,72)/t41-,42-,43-,44-,45-,46-,47-,48-,49-,50-/m0/s1. The van der Waals surface area contributed by atoms with Crippen molar-refractivity contribution in [3.05, 3.63) is 65.7 Å². The van der Waals surface area contributed by atoms with Crippen LogP contribution in [0.2, 0.25) is 0 Å². The number of rotatable bonds is 43. The summed E-state index contributed by atoms with van der Waals surface area (Å²) in [5.41, 5.74) is 40.6. The molecule has 0 aliphatic carbocycles. The number of thioether (sulfide) groups is 1. The summed E-state index contributed by atoms with van der Waals surface area (Å²) in [4.78, 5) is 185. The number of methoxy groups -OCH3 is 1. The molecule has 97 heavy (non-hydrogen) atoms. The molecule has 2 saturated heterocycles. The zero-order chi connectivity index (χ0) is 71.7. The molecule has 2 aromatic rings. The summed E-state index contributed by atoms with van der Waals surface area (Å²) in [7, 11) is 1.46. The maximum Gasteiger partial charge on any atom is 0.245 e. The number of amides is 13. The molecule has 10 atom stereocenters. The van der Waals surface area contributed by atoms with Gasteiger partial charge in [0.2, 0.25) is 76.8 Å². The summed E-state index contributed by atoms with van der Waals surface area (Å²) in [6, 6.07) is 2.33. The average molecular weight is 1380 g/mol. The molecule has 4 rings (SSSR count). The van der Waals surface area contributed by atoms with Gasteiger partial charge in [-0.3, -0.25) is 67.3 Å². The van der Waals surface area contributed by atoms with Crippen molar-refractivity contribution < 1.29 is 67.1 Å². The van der Waals surface area contributed by atoms with E-state index < -0.39 is 169 Å². The molecule has 22 N–H and O–H groups in total. The van der Waals surface area contributed by atoms with Crippen LogP contribution in [0.3, 0.4) is 0 Å². The lowest BCUT2D eigenvalue weighted by molar-refractivity contribution is -0.144. The molecular formula is C64H100N18O14S. The number of hydrogen-bond acceptors (Lipinski definition) is 18. The molecule has 0 aromatic heterocycles. The van der Waals surface area contributed by atoms with Crippen molar-refractivity contribution in [3.8, 4) is 5.75 Å². The molecular weight excluding hydrogens is 1280 g/mol. The summed E-state index contributed by atoms with van der Waals surface area (Å²) in [6.07, 6.45) is 2.97. The van der Waals surface area contributed by atoms with Gasteiger partial charge in [-0.1, -0.05) is 56.3 Å². The first-order chi connectivity index (χ1) is 46.2. The first-order valence-corrected chi connectivity index (χ1v) is 34.1. The maximum atomic E-state index is 14.8. The van der Waals surface area contributed by atoms with Crippen molar-refractivity contribution in [2.75, 3.05) is 51.8 Å². The molecule has 0 bridgehead atoms. The van der Waals surface area contributed by atoms with Gasteiger partial charge >= 0.3 is 0 Å². The minimum absolute atomic E-state index is 0.0689. The molecule has 0 spiro atoms. The summed E-state index contributed by atoms with van der Waals surface area (Å²) in [5.74, 6) is -9.46. The number of carbonyl (C=O) groups is 13. The quantitative estimate of drug-likeness (QED) is 0.0173. The van der Waals surface area contributed by atoms with Gasteiger partial charge < -0.3 is 97.2 Å². The van der Waals surface area contributed by atoms with Crippen molar-refractivity contribution in [3.63, 3.8) is 0 Å². The molecule has 32 nitrogen and oxygen atoms in total. The Hall–Kier alpha value is -9.11. The van der Waals surface area contributed by atoms with Gasteiger partial charge in [0.1, 0.15) is 60.1 Å². The zero-order valence-electron chi connectivity index (χ0n) is 55.8. The summed E-state index contributed by atoms with van der Waals surface area (Å²) >= 11 is 1.45. The predicted octanol–water partition coefficient (Wildman–Crippen LogP) is -3.70. The number of guanidine groups is 1. The number of nitrogens with zero attached hydrogens (tertiary/aromatic N) is 3. The molecule has 536 valence electrons. The van der Waals surface area contributed by atoms with E-state index in [9.17, 15) is 62.3 Å². The largest absolute Gasteiger partial charge is 0.497 e. The highest BCUT2D eigenvalue weighted by atomic mass is 32.2. The Kier molecular flexibility index (Phi) is 34.6. The monoisotopic (exact) mass is 1380 g/mol. The Morgan fingerprint density at radius 2 is 1.07 bits per heavy atom. The molecule has 2 aliphatic heterocycles. The van der Waals surface area contributed by atoms with Crippen molar-refractivity contribution in [1.29, 1.82) is 0 Å². The van der Waals surface area contributed by atoms with Crippen molar-refractivity contribution >= 4 is 94.5 Å². The number of unbranched alkanes of at least 4 members (excludes halogenated alkanes) is 1. The number of likely N-dealkylation sites (tertiary alicyclic amines) is 2. The fourth-order valence-electron chi connectivity index (χ4n) is 11.2. The summed E-state index contributed by atoms with van der Waals surface area (Å²) in [6.45, 7) is 3.82. The third-order valence-corrected chi connectivity index (χ3v) is 17.0.